The van der Waals surface area contributed by atoms with Crippen molar-refractivity contribution < 1.29 is 19.2 Å². The molecule has 20 heavy (non-hydrogen) atoms. The monoisotopic (exact) mass is 283 g/mol. The highest BCUT2D eigenvalue weighted by atomic mass is 16.5. The largest absolute Gasteiger partial charge is 0.480 e. The van der Waals surface area contributed by atoms with Crippen molar-refractivity contribution in [3.05, 3.63) is 11.7 Å². The van der Waals surface area contributed by atoms with Crippen molar-refractivity contribution in [2.24, 2.45) is 0 Å². The second-order valence-electron chi connectivity index (χ2n) is 6.54. The molecule has 7 heteroatoms. The predicted molar refractivity (Wildman–Crippen MR) is 70.3 cm³/mol. The maximum absolute atomic E-state index is 10.5. The van der Waals surface area contributed by atoms with Gasteiger partial charge < -0.3 is 14.4 Å². The second-order valence-corrected chi connectivity index (χ2v) is 6.54. The first kappa shape index (κ1) is 14.9. The van der Waals surface area contributed by atoms with Gasteiger partial charge in [-0.2, -0.15) is 4.98 Å². The number of carboxylic acids is 1. The molecule has 0 aliphatic carbocycles. The summed E-state index contributed by atoms with van der Waals surface area (Å²) in [6.45, 7) is 9.62. The fourth-order valence-electron chi connectivity index (χ4n) is 2.16. The summed E-state index contributed by atoms with van der Waals surface area (Å²) < 4.78 is 10.6. The predicted octanol–water partition coefficient (Wildman–Crippen LogP) is 1.04. The highest BCUT2D eigenvalue weighted by Crippen LogP contribution is 2.26. The van der Waals surface area contributed by atoms with Crippen LogP contribution in [0, 0.1) is 0 Å². The van der Waals surface area contributed by atoms with E-state index in [1.807, 2.05) is 27.7 Å². The molecule has 1 aromatic heterocycles. The Labute approximate surface area is 117 Å². The van der Waals surface area contributed by atoms with Gasteiger partial charge in [0.05, 0.1) is 12.1 Å². The third kappa shape index (κ3) is 3.55. The Bertz CT molecular complexity index is 486. The molecule has 1 saturated heterocycles. The summed E-state index contributed by atoms with van der Waals surface area (Å²) in [5.41, 5.74) is -0.547. The van der Waals surface area contributed by atoms with Crippen molar-refractivity contribution in [1.29, 1.82) is 0 Å². The number of aliphatic carboxylic acids is 1. The molecule has 7 nitrogen and oxygen atoms in total. The Morgan fingerprint density at radius 3 is 2.65 bits per heavy atom. The summed E-state index contributed by atoms with van der Waals surface area (Å²) in [7, 11) is 0. The first-order chi connectivity index (χ1) is 9.18. The lowest BCUT2D eigenvalue weighted by atomic mass is 9.96. The van der Waals surface area contributed by atoms with Crippen LogP contribution < -0.4 is 0 Å². The van der Waals surface area contributed by atoms with Crippen LogP contribution in [0.2, 0.25) is 0 Å². The van der Waals surface area contributed by atoms with Gasteiger partial charge in [-0.3, -0.25) is 4.90 Å². The van der Waals surface area contributed by atoms with E-state index in [0.29, 0.717) is 31.3 Å². The number of carboxylic acid groups (broad SMARTS) is 1. The van der Waals surface area contributed by atoms with Gasteiger partial charge in [-0.25, -0.2) is 4.79 Å². The molecule has 2 rings (SSSR count). The van der Waals surface area contributed by atoms with Gasteiger partial charge in [0.2, 0.25) is 5.89 Å². The van der Waals surface area contributed by atoms with Crippen molar-refractivity contribution in [2.45, 2.75) is 45.3 Å². The smallest absolute Gasteiger partial charge is 0.329 e. The third-order valence-electron chi connectivity index (χ3n) is 3.13. The number of aromatic nitrogens is 2. The summed E-state index contributed by atoms with van der Waals surface area (Å²) in [5.74, 6) is 0.325. The van der Waals surface area contributed by atoms with E-state index in [0.717, 1.165) is 0 Å². The molecule has 1 aromatic rings. The number of hydrogen-bond donors (Lipinski definition) is 1. The van der Waals surface area contributed by atoms with Crippen molar-refractivity contribution >= 4 is 5.97 Å². The van der Waals surface area contributed by atoms with Crippen molar-refractivity contribution in [3.8, 4) is 0 Å². The fourth-order valence-corrected chi connectivity index (χ4v) is 2.16. The number of nitrogens with zero attached hydrogens (tertiary/aromatic N) is 3. The molecule has 1 fully saturated rings. The quantitative estimate of drug-likeness (QED) is 0.863. The zero-order chi connectivity index (χ0) is 15.0. The van der Waals surface area contributed by atoms with Crippen LogP contribution in [0.4, 0.5) is 0 Å². The average Bonchev–Trinajstić information content (AvgIpc) is 2.72. The lowest BCUT2D eigenvalue weighted by molar-refractivity contribution is -0.166. The van der Waals surface area contributed by atoms with Gasteiger partial charge in [0.1, 0.15) is 6.61 Å². The fraction of sp³-hybridized carbons (Fsp3) is 0.769. The molecule has 0 radical (unpaired) electrons. The zero-order valence-corrected chi connectivity index (χ0v) is 12.3. The maximum Gasteiger partial charge on any atom is 0.329 e. The van der Waals surface area contributed by atoms with E-state index in [1.54, 1.807) is 0 Å². The van der Waals surface area contributed by atoms with Crippen molar-refractivity contribution in [1.82, 2.24) is 15.0 Å². The second kappa shape index (κ2) is 5.14. The Morgan fingerprint density at radius 2 is 2.15 bits per heavy atom. The Balaban J connectivity index is 1.82. The van der Waals surface area contributed by atoms with Crippen LogP contribution in [0.3, 0.4) is 0 Å². The minimum atomic E-state index is -0.947. The topological polar surface area (TPSA) is 88.7 Å². The molecule has 112 valence electrons. The summed E-state index contributed by atoms with van der Waals surface area (Å²) in [5, 5.41) is 12.6. The van der Waals surface area contributed by atoms with Crippen molar-refractivity contribution in [2.75, 3.05) is 19.7 Å². The van der Waals surface area contributed by atoms with E-state index in [4.69, 9.17) is 14.4 Å². The minimum absolute atomic E-state index is 0.153. The van der Waals surface area contributed by atoms with Gasteiger partial charge in [0, 0.05) is 18.5 Å². The van der Waals surface area contributed by atoms with Gasteiger partial charge in [0.25, 0.3) is 0 Å². The van der Waals surface area contributed by atoms with Crippen molar-refractivity contribution in [3.63, 3.8) is 0 Å². The molecular formula is C13H21N3O4. The highest BCUT2D eigenvalue weighted by molar-refractivity contribution is 5.68. The zero-order valence-electron chi connectivity index (χ0n) is 12.3. The third-order valence-corrected chi connectivity index (χ3v) is 3.13. The SMILES string of the molecule is CC1(OCC(=O)O)CN(Cc2noc(C(C)(C)C)n2)C1. The maximum atomic E-state index is 10.5. The van der Waals surface area contributed by atoms with Crippen LogP contribution in [0.1, 0.15) is 39.4 Å². The average molecular weight is 283 g/mol. The summed E-state index contributed by atoms with van der Waals surface area (Å²) >= 11 is 0. The first-order valence-corrected chi connectivity index (χ1v) is 6.59. The van der Waals surface area contributed by atoms with E-state index < -0.39 is 11.6 Å². The standard InChI is InChI=1S/C13H21N3O4/c1-12(2,3)11-14-9(15-20-11)5-16-7-13(4,8-16)19-6-10(17)18/h5-8H2,1-4H3,(H,17,18). The molecule has 1 aliphatic heterocycles. The molecule has 0 bridgehead atoms. The molecular weight excluding hydrogens is 262 g/mol. The molecule has 0 spiro atoms. The van der Waals surface area contributed by atoms with Crippen LogP contribution in [-0.4, -0.2) is 51.4 Å². The summed E-state index contributed by atoms with van der Waals surface area (Å²) in [6.07, 6.45) is 0. The molecule has 1 aliphatic rings. The van der Waals surface area contributed by atoms with Gasteiger partial charge in [-0.15, -0.1) is 0 Å². The van der Waals surface area contributed by atoms with E-state index in [-0.39, 0.29) is 12.0 Å². The normalized spacial score (nSPS) is 18.8. The number of ether oxygens (including phenoxy) is 1. The van der Waals surface area contributed by atoms with Crippen LogP contribution in [0.15, 0.2) is 4.52 Å². The van der Waals surface area contributed by atoms with Gasteiger partial charge in [-0.1, -0.05) is 25.9 Å². The van der Waals surface area contributed by atoms with Gasteiger partial charge in [0.15, 0.2) is 5.82 Å². The highest BCUT2D eigenvalue weighted by Gasteiger charge is 2.40. The number of likely N-dealkylation sites (tertiary alicyclic amines) is 1. The van der Waals surface area contributed by atoms with Crippen LogP contribution in [-0.2, 0) is 21.5 Å². The Kier molecular flexibility index (Phi) is 3.84. The minimum Gasteiger partial charge on any atom is -0.480 e. The molecule has 0 aromatic carbocycles. The summed E-state index contributed by atoms with van der Waals surface area (Å²) in [4.78, 5) is 17.0. The molecule has 0 amide bonds. The lowest BCUT2D eigenvalue weighted by Gasteiger charge is -2.46. The van der Waals surface area contributed by atoms with Gasteiger partial charge in [-0.05, 0) is 6.92 Å². The lowest BCUT2D eigenvalue weighted by Crippen LogP contribution is -2.61. The molecule has 1 N–H and O–H groups in total. The Morgan fingerprint density at radius 1 is 1.50 bits per heavy atom. The molecule has 2 heterocycles. The molecule has 0 unspecified atom stereocenters. The number of rotatable bonds is 5. The number of hydrogen-bond acceptors (Lipinski definition) is 6. The van der Waals surface area contributed by atoms with Crippen LogP contribution >= 0.6 is 0 Å². The van der Waals surface area contributed by atoms with Gasteiger partial charge >= 0.3 is 5.97 Å². The number of carbonyl (C=O) groups is 1. The van der Waals surface area contributed by atoms with E-state index in [1.165, 1.54) is 0 Å². The van der Waals surface area contributed by atoms with E-state index in [2.05, 4.69) is 15.0 Å². The van der Waals surface area contributed by atoms with E-state index in [9.17, 15) is 4.79 Å². The Hall–Kier alpha value is -1.47. The van der Waals surface area contributed by atoms with Crippen LogP contribution in [0.25, 0.3) is 0 Å². The van der Waals surface area contributed by atoms with E-state index >= 15 is 0 Å². The summed E-state index contributed by atoms with van der Waals surface area (Å²) in [6, 6.07) is 0. The first-order valence-electron chi connectivity index (χ1n) is 6.59. The van der Waals surface area contributed by atoms with Crippen LogP contribution in [0.5, 0.6) is 0 Å². The molecule has 0 saturated carbocycles. The molecule has 0 atom stereocenters.